The normalized spacial score (nSPS) is 9.08. The first-order valence-corrected chi connectivity index (χ1v) is 4.64. The molecule has 0 bridgehead atoms. The van der Waals surface area contributed by atoms with E-state index in [0.29, 0.717) is 6.61 Å². The van der Waals surface area contributed by atoms with Gasteiger partial charge in [0.05, 0.1) is 3.57 Å². The van der Waals surface area contributed by atoms with E-state index in [4.69, 9.17) is 11.2 Å². The molecule has 0 radical (unpaired) electrons. The van der Waals surface area contributed by atoms with Crippen LogP contribution in [-0.4, -0.2) is 6.61 Å². The van der Waals surface area contributed by atoms with E-state index in [1.165, 1.54) is 5.56 Å². The molecule has 0 N–H and O–H groups in total. The van der Waals surface area contributed by atoms with E-state index in [0.717, 1.165) is 9.32 Å². The molecule has 2 heteroatoms. The first-order valence-electron chi connectivity index (χ1n) is 3.56. The fourth-order valence-electron chi connectivity index (χ4n) is 0.841. The Kier molecular flexibility index (Phi) is 3.42. The number of aryl methyl sites for hydroxylation is 1. The van der Waals surface area contributed by atoms with Gasteiger partial charge in [0.1, 0.15) is 12.4 Å². The van der Waals surface area contributed by atoms with Crippen LogP contribution in [-0.2, 0) is 0 Å². The van der Waals surface area contributed by atoms with Crippen molar-refractivity contribution in [2.45, 2.75) is 6.92 Å². The summed E-state index contributed by atoms with van der Waals surface area (Å²) in [6.45, 7) is 2.36. The van der Waals surface area contributed by atoms with Crippen molar-refractivity contribution in [2.75, 3.05) is 6.61 Å². The number of ether oxygens (including phenoxy) is 1. The Balaban J connectivity index is 2.84. The zero-order valence-electron chi connectivity index (χ0n) is 6.80. The minimum Gasteiger partial charge on any atom is -0.480 e. The highest BCUT2D eigenvalue weighted by atomic mass is 127. The molecule has 1 rings (SSSR count). The maximum atomic E-state index is 5.32. The van der Waals surface area contributed by atoms with Crippen molar-refractivity contribution >= 4 is 22.6 Å². The van der Waals surface area contributed by atoms with Gasteiger partial charge in [-0.1, -0.05) is 12.0 Å². The summed E-state index contributed by atoms with van der Waals surface area (Å²) in [4.78, 5) is 0. The number of hydrogen-bond acceptors (Lipinski definition) is 1. The van der Waals surface area contributed by atoms with Crippen LogP contribution in [0.3, 0.4) is 0 Å². The van der Waals surface area contributed by atoms with E-state index in [2.05, 4.69) is 28.5 Å². The van der Waals surface area contributed by atoms with Gasteiger partial charge in [-0.2, -0.15) is 0 Å². The quantitative estimate of drug-likeness (QED) is 0.594. The van der Waals surface area contributed by atoms with Gasteiger partial charge in [-0.3, -0.25) is 0 Å². The molecule has 0 aliphatic carbocycles. The van der Waals surface area contributed by atoms with Gasteiger partial charge in [-0.05, 0) is 47.2 Å². The SMILES string of the molecule is C#CCOc1cc(C)ccc1I. The molecule has 0 atom stereocenters. The maximum Gasteiger partial charge on any atom is 0.148 e. The summed E-state index contributed by atoms with van der Waals surface area (Å²) >= 11 is 2.22. The topological polar surface area (TPSA) is 9.23 Å². The second kappa shape index (κ2) is 4.36. The van der Waals surface area contributed by atoms with Crippen LogP contribution in [0.2, 0.25) is 0 Å². The molecule has 0 fully saturated rings. The summed E-state index contributed by atoms with van der Waals surface area (Å²) in [6, 6.07) is 6.05. The second-order valence-corrected chi connectivity index (χ2v) is 3.59. The average Bonchev–Trinajstić information content (AvgIpc) is 2.07. The number of halogens is 1. The van der Waals surface area contributed by atoms with Crippen LogP contribution in [0.4, 0.5) is 0 Å². The molecule has 12 heavy (non-hydrogen) atoms. The Bertz CT molecular complexity index is 312. The van der Waals surface area contributed by atoms with Gasteiger partial charge in [-0.15, -0.1) is 6.42 Å². The molecule has 1 aromatic rings. The molecule has 1 nitrogen and oxygen atoms in total. The van der Waals surface area contributed by atoms with Gasteiger partial charge in [0.2, 0.25) is 0 Å². The number of rotatable bonds is 2. The predicted octanol–water partition coefficient (Wildman–Crippen LogP) is 2.61. The molecule has 0 heterocycles. The van der Waals surface area contributed by atoms with E-state index in [1.54, 1.807) is 0 Å². The van der Waals surface area contributed by atoms with Crippen molar-refractivity contribution in [3.8, 4) is 18.1 Å². The monoisotopic (exact) mass is 272 g/mol. The van der Waals surface area contributed by atoms with Crippen LogP contribution in [0.1, 0.15) is 5.56 Å². The summed E-state index contributed by atoms with van der Waals surface area (Å²) in [5.74, 6) is 3.31. The van der Waals surface area contributed by atoms with Crippen LogP contribution in [0.5, 0.6) is 5.75 Å². The fourth-order valence-corrected chi connectivity index (χ4v) is 1.33. The Hall–Kier alpha value is -0.690. The minimum absolute atomic E-state index is 0.333. The maximum absolute atomic E-state index is 5.32. The molecule has 0 spiro atoms. The summed E-state index contributed by atoms with van der Waals surface area (Å²) in [5, 5.41) is 0. The lowest BCUT2D eigenvalue weighted by Gasteiger charge is -2.05. The fraction of sp³-hybridized carbons (Fsp3) is 0.200. The van der Waals surface area contributed by atoms with Crippen molar-refractivity contribution in [3.63, 3.8) is 0 Å². The first kappa shape index (κ1) is 9.40. The predicted molar refractivity (Wildman–Crippen MR) is 58.2 cm³/mol. The summed E-state index contributed by atoms with van der Waals surface area (Å²) in [5.41, 5.74) is 1.18. The highest BCUT2D eigenvalue weighted by Crippen LogP contribution is 2.21. The largest absolute Gasteiger partial charge is 0.480 e. The van der Waals surface area contributed by atoms with Gasteiger partial charge in [0.25, 0.3) is 0 Å². The minimum atomic E-state index is 0.333. The van der Waals surface area contributed by atoms with E-state index in [9.17, 15) is 0 Å². The van der Waals surface area contributed by atoms with Crippen molar-refractivity contribution in [2.24, 2.45) is 0 Å². The molecule has 1 aromatic carbocycles. The Morgan fingerprint density at radius 2 is 2.33 bits per heavy atom. The van der Waals surface area contributed by atoms with Crippen molar-refractivity contribution < 1.29 is 4.74 Å². The average molecular weight is 272 g/mol. The molecule has 62 valence electrons. The van der Waals surface area contributed by atoms with E-state index >= 15 is 0 Å². The highest BCUT2D eigenvalue weighted by Gasteiger charge is 1.98. The van der Waals surface area contributed by atoms with Gasteiger partial charge in [-0.25, -0.2) is 0 Å². The second-order valence-electron chi connectivity index (χ2n) is 2.43. The third-order valence-electron chi connectivity index (χ3n) is 1.40. The highest BCUT2D eigenvalue weighted by molar-refractivity contribution is 14.1. The molecular weight excluding hydrogens is 263 g/mol. The summed E-state index contributed by atoms with van der Waals surface area (Å²) in [6.07, 6.45) is 5.09. The smallest absolute Gasteiger partial charge is 0.148 e. The van der Waals surface area contributed by atoms with Gasteiger partial charge in [0.15, 0.2) is 0 Å². The molecule has 0 amide bonds. The van der Waals surface area contributed by atoms with Crippen molar-refractivity contribution in [3.05, 3.63) is 27.3 Å². The van der Waals surface area contributed by atoms with Crippen LogP contribution in [0, 0.1) is 22.8 Å². The molecule has 0 saturated carbocycles. The molecule has 0 unspecified atom stereocenters. The van der Waals surface area contributed by atoms with Gasteiger partial charge < -0.3 is 4.74 Å². The summed E-state index contributed by atoms with van der Waals surface area (Å²) in [7, 11) is 0. The van der Waals surface area contributed by atoms with Crippen LogP contribution >= 0.6 is 22.6 Å². The van der Waals surface area contributed by atoms with Crippen molar-refractivity contribution in [1.82, 2.24) is 0 Å². The number of hydrogen-bond donors (Lipinski definition) is 0. The van der Waals surface area contributed by atoms with E-state index in [-0.39, 0.29) is 0 Å². The van der Waals surface area contributed by atoms with Crippen LogP contribution < -0.4 is 4.74 Å². The third kappa shape index (κ3) is 2.42. The van der Waals surface area contributed by atoms with Crippen molar-refractivity contribution in [1.29, 1.82) is 0 Å². The number of terminal acetylenes is 1. The van der Waals surface area contributed by atoms with Gasteiger partial charge in [0, 0.05) is 0 Å². The Morgan fingerprint density at radius 3 is 3.00 bits per heavy atom. The molecule has 0 aliphatic heterocycles. The first-order chi connectivity index (χ1) is 5.74. The zero-order chi connectivity index (χ0) is 8.97. The molecular formula is C10H9IO. The Morgan fingerprint density at radius 1 is 1.58 bits per heavy atom. The van der Waals surface area contributed by atoms with Gasteiger partial charge >= 0.3 is 0 Å². The Labute approximate surface area is 86.3 Å². The standard InChI is InChI=1S/C10H9IO/c1-3-6-12-10-7-8(2)4-5-9(10)11/h1,4-5,7H,6H2,2H3. The number of benzene rings is 1. The molecule has 0 saturated heterocycles. The third-order valence-corrected chi connectivity index (χ3v) is 2.29. The lowest BCUT2D eigenvalue weighted by molar-refractivity contribution is 0.367. The summed E-state index contributed by atoms with van der Waals surface area (Å²) < 4.78 is 6.41. The van der Waals surface area contributed by atoms with E-state index in [1.807, 2.05) is 25.1 Å². The lowest BCUT2D eigenvalue weighted by atomic mass is 10.2. The lowest BCUT2D eigenvalue weighted by Crippen LogP contribution is -1.95. The zero-order valence-corrected chi connectivity index (χ0v) is 8.96. The molecule has 0 aromatic heterocycles. The van der Waals surface area contributed by atoms with Crippen LogP contribution in [0.25, 0.3) is 0 Å². The molecule has 0 aliphatic rings. The van der Waals surface area contributed by atoms with Crippen LogP contribution in [0.15, 0.2) is 18.2 Å². The van der Waals surface area contributed by atoms with E-state index < -0.39 is 0 Å².